The smallest absolute Gasteiger partial charge is 1.00 e. The number of benzene rings is 1. The average Bonchev–Trinajstić information content (AvgIpc) is 1.86. The molecule has 3 nitrogen and oxygen atoms in total. The van der Waals surface area contributed by atoms with E-state index in [0.29, 0.717) is 5.56 Å². The van der Waals surface area contributed by atoms with Crippen molar-refractivity contribution in [3.05, 3.63) is 29.8 Å². The largest absolute Gasteiger partial charge is 1.00 e. The number of rotatable bonds is 1. The summed E-state index contributed by atoms with van der Waals surface area (Å²) in [5, 5.41) is 0. The standard InChI is InChI=1S/C7H8O3S.K.H/c1-6-4-2-3-5-7(6)11(8,9)10;;/h2-5H,1H3,(H,8,9,10);;/q;+1;-1. The molecular formula is C7H9KO3S. The van der Waals surface area contributed by atoms with E-state index in [9.17, 15) is 8.42 Å². The summed E-state index contributed by atoms with van der Waals surface area (Å²) in [6.45, 7) is 1.63. The van der Waals surface area contributed by atoms with Gasteiger partial charge >= 0.3 is 51.4 Å². The predicted octanol–water partition coefficient (Wildman–Crippen LogP) is -1.64. The third-order valence-electron chi connectivity index (χ3n) is 1.37. The first kappa shape index (κ1) is 12.8. The molecule has 1 aromatic rings. The Morgan fingerprint density at radius 2 is 1.83 bits per heavy atom. The molecule has 0 aliphatic heterocycles. The summed E-state index contributed by atoms with van der Waals surface area (Å²) in [6, 6.07) is 6.27. The zero-order chi connectivity index (χ0) is 8.48. The first-order chi connectivity index (χ1) is 5.02. The molecule has 1 aromatic carbocycles. The molecule has 0 radical (unpaired) electrons. The molecule has 0 aliphatic carbocycles. The summed E-state index contributed by atoms with van der Waals surface area (Å²) in [4.78, 5) is -0.0278. The summed E-state index contributed by atoms with van der Waals surface area (Å²) in [5.41, 5.74) is 0.551. The second kappa shape index (κ2) is 4.85. The van der Waals surface area contributed by atoms with Crippen molar-refractivity contribution in [2.45, 2.75) is 11.8 Å². The van der Waals surface area contributed by atoms with Gasteiger partial charge in [-0.05, 0) is 18.6 Å². The van der Waals surface area contributed by atoms with Crippen LogP contribution in [0.25, 0.3) is 0 Å². The Morgan fingerprint density at radius 1 is 1.33 bits per heavy atom. The predicted molar refractivity (Wildman–Crippen MR) is 42.1 cm³/mol. The van der Waals surface area contributed by atoms with Crippen molar-refractivity contribution in [3.63, 3.8) is 0 Å². The third-order valence-corrected chi connectivity index (χ3v) is 2.39. The minimum absolute atomic E-state index is 0. The second-order valence-electron chi connectivity index (χ2n) is 2.24. The van der Waals surface area contributed by atoms with Crippen molar-refractivity contribution in [1.82, 2.24) is 0 Å². The maximum atomic E-state index is 10.6. The van der Waals surface area contributed by atoms with E-state index in [2.05, 4.69) is 0 Å². The van der Waals surface area contributed by atoms with Crippen LogP contribution in [-0.2, 0) is 10.1 Å². The van der Waals surface area contributed by atoms with Gasteiger partial charge in [-0.3, -0.25) is 4.55 Å². The van der Waals surface area contributed by atoms with Gasteiger partial charge in [-0.2, -0.15) is 8.42 Å². The quantitative estimate of drug-likeness (QED) is 0.449. The monoisotopic (exact) mass is 212 g/mol. The van der Waals surface area contributed by atoms with Gasteiger partial charge in [0.25, 0.3) is 10.1 Å². The van der Waals surface area contributed by atoms with Crippen molar-refractivity contribution < 1.29 is 65.8 Å². The van der Waals surface area contributed by atoms with E-state index in [1.165, 1.54) is 6.07 Å². The molecule has 62 valence electrons. The first-order valence-electron chi connectivity index (χ1n) is 3.05. The second-order valence-corrected chi connectivity index (χ2v) is 3.63. The van der Waals surface area contributed by atoms with E-state index < -0.39 is 10.1 Å². The fourth-order valence-electron chi connectivity index (χ4n) is 0.846. The molecule has 0 unspecified atom stereocenters. The van der Waals surface area contributed by atoms with E-state index in [-0.39, 0.29) is 57.7 Å². The minimum atomic E-state index is -4.03. The van der Waals surface area contributed by atoms with Crippen molar-refractivity contribution in [3.8, 4) is 0 Å². The van der Waals surface area contributed by atoms with E-state index in [4.69, 9.17) is 4.55 Å². The third kappa shape index (κ3) is 3.25. The van der Waals surface area contributed by atoms with Gasteiger partial charge in [-0.15, -0.1) is 0 Å². The van der Waals surface area contributed by atoms with Gasteiger partial charge in [0, 0.05) is 0 Å². The SMILES string of the molecule is Cc1ccccc1S(=O)(=O)O.[H-].[K+]. The average molecular weight is 212 g/mol. The molecule has 0 atom stereocenters. The molecule has 0 heterocycles. The van der Waals surface area contributed by atoms with Gasteiger partial charge in [-0.1, -0.05) is 18.2 Å². The van der Waals surface area contributed by atoms with E-state index in [1.807, 2.05) is 0 Å². The number of hydrogen-bond donors (Lipinski definition) is 1. The Balaban J connectivity index is 0. The zero-order valence-corrected chi connectivity index (χ0v) is 10.9. The first-order valence-corrected chi connectivity index (χ1v) is 4.49. The van der Waals surface area contributed by atoms with E-state index in [0.717, 1.165) is 0 Å². The molecule has 12 heavy (non-hydrogen) atoms. The Bertz CT molecular complexity index is 364. The fraction of sp³-hybridized carbons (Fsp3) is 0.143. The van der Waals surface area contributed by atoms with Crippen LogP contribution in [0.15, 0.2) is 29.2 Å². The Kier molecular flexibility index (Phi) is 5.16. The molecule has 0 amide bonds. The van der Waals surface area contributed by atoms with Crippen molar-refractivity contribution in [2.24, 2.45) is 0 Å². The summed E-state index contributed by atoms with van der Waals surface area (Å²) in [6.07, 6.45) is 0. The van der Waals surface area contributed by atoms with Crippen LogP contribution < -0.4 is 51.4 Å². The summed E-state index contributed by atoms with van der Waals surface area (Å²) >= 11 is 0. The van der Waals surface area contributed by atoms with Crippen LogP contribution in [0.1, 0.15) is 6.99 Å². The molecular weight excluding hydrogens is 203 g/mol. The Hall–Kier alpha value is 0.766. The molecule has 1 rings (SSSR count). The van der Waals surface area contributed by atoms with Gasteiger partial charge in [-0.25, -0.2) is 0 Å². The van der Waals surface area contributed by atoms with Gasteiger partial charge in [0.15, 0.2) is 0 Å². The van der Waals surface area contributed by atoms with Gasteiger partial charge in [0.2, 0.25) is 0 Å². The van der Waals surface area contributed by atoms with Gasteiger partial charge < -0.3 is 1.43 Å². The molecule has 0 bridgehead atoms. The molecule has 0 spiro atoms. The normalized spacial score (nSPS) is 10.5. The van der Waals surface area contributed by atoms with Crippen molar-refractivity contribution in [2.75, 3.05) is 0 Å². The molecule has 1 N–H and O–H groups in total. The van der Waals surface area contributed by atoms with Gasteiger partial charge in [0.05, 0.1) is 4.90 Å². The van der Waals surface area contributed by atoms with Crippen LogP contribution in [0.3, 0.4) is 0 Å². The Labute approximate surface area is 116 Å². The fourth-order valence-corrected chi connectivity index (χ4v) is 1.57. The van der Waals surface area contributed by atoms with Crippen LogP contribution >= 0.6 is 0 Å². The zero-order valence-electron chi connectivity index (χ0n) is 7.98. The van der Waals surface area contributed by atoms with Crippen molar-refractivity contribution in [1.29, 1.82) is 0 Å². The van der Waals surface area contributed by atoms with Crippen molar-refractivity contribution >= 4 is 10.1 Å². The van der Waals surface area contributed by atoms with Crippen LogP contribution in [0.5, 0.6) is 0 Å². The van der Waals surface area contributed by atoms with E-state index in [1.54, 1.807) is 25.1 Å². The number of aryl methyl sites for hydroxylation is 1. The van der Waals surface area contributed by atoms with Crippen LogP contribution in [0.4, 0.5) is 0 Å². The molecule has 0 aromatic heterocycles. The summed E-state index contributed by atoms with van der Waals surface area (Å²) < 4.78 is 29.9. The van der Waals surface area contributed by atoms with Gasteiger partial charge in [0.1, 0.15) is 0 Å². The number of hydrogen-bond acceptors (Lipinski definition) is 2. The Morgan fingerprint density at radius 3 is 2.17 bits per heavy atom. The summed E-state index contributed by atoms with van der Waals surface area (Å²) in [7, 11) is -4.03. The van der Waals surface area contributed by atoms with Crippen LogP contribution in [-0.4, -0.2) is 13.0 Å². The van der Waals surface area contributed by atoms with Crippen LogP contribution in [0.2, 0.25) is 0 Å². The summed E-state index contributed by atoms with van der Waals surface area (Å²) in [5.74, 6) is 0. The molecule has 0 saturated carbocycles. The molecule has 0 aliphatic rings. The molecule has 0 fully saturated rings. The molecule has 0 saturated heterocycles. The maximum absolute atomic E-state index is 10.6. The topological polar surface area (TPSA) is 54.4 Å². The molecule has 5 heteroatoms. The minimum Gasteiger partial charge on any atom is -1.00 e. The maximum Gasteiger partial charge on any atom is 1.00 e. The van der Waals surface area contributed by atoms with Crippen LogP contribution in [0, 0.1) is 6.92 Å². The van der Waals surface area contributed by atoms with E-state index >= 15 is 0 Å².